The van der Waals surface area contributed by atoms with Crippen molar-refractivity contribution in [3.8, 4) is 0 Å². The van der Waals surface area contributed by atoms with Gasteiger partial charge in [-0.3, -0.25) is 5.43 Å². The van der Waals surface area contributed by atoms with Crippen LogP contribution in [-0.4, -0.2) is 16.9 Å². The van der Waals surface area contributed by atoms with Crippen LogP contribution in [0.15, 0.2) is 27.9 Å². The first-order chi connectivity index (χ1) is 6.97. The Morgan fingerprint density at radius 3 is 2.80 bits per heavy atom. The molecule has 0 aliphatic rings. The summed E-state index contributed by atoms with van der Waals surface area (Å²) in [6.45, 7) is 6.08. The van der Waals surface area contributed by atoms with Crippen LogP contribution in [0.5, 0.6) is 0 Å². The molecule has 82 valence electrons. The highest BCUT2D eigenvalue weighted by atomic mass is 32.1. The molecule has 0 aliphatic carbocycles. The molecular weight excluding hydrogens is 210 g/mol. The molecule has 1 heterocycles. The van der Waals surface area contributed by atoms with Crippen molar-refractivity contribution in [1.82, 2.24) is 10.7 Å². The fourth-order valence-electron chi connectivity index (χ4n) is 0.888. The van der Waals surface area contributed by atoms with Gasteiger partial charge in [0.2, 0.25) is 0 Å². The van der Waals surface area contributed by atoms with Crippen molar-refractivity contribution in [2.24, 2.45) is 5.10 Å². The highest BCUT2D eigenvalue weighted by Crippen LogP contribution is 1.97. The molecule has 2 N–H and O–H groups in total. The average molecular weight is 225 g/mol. The topological polar surface area (TPSA) is 49.6 Å². The van der Waals surface area contributed by atoms with Gasteiger partial charge in [-0.15, -0.1) is 0 Å². The molecule has 0 aromatic carbocycles. The van der Waals surface area contributed by atoms with Gasteiger partial charge >= 0.3 is 0 Å². The van der Waals surface area contributed by atoms with Gasteiger partial charge in [-0.1, -0.05) is 0 Å². The third-order valence-corrected chi connectivity index (χ3v) is 1.58. The lowest BCUT2D eigenvalue weighted by atomic mass is 10.1. The van der Waals surface area contributed by atoms with Crippen molar-refractivity contribution in [3.05, 3.63) is 24.2 Å². The summed E-state index contributed by atoms with van der Waals surface area (Å²) < 4.78 is 5.06. The Bertz CT molecular complexity index is 338. The van der Waals surface area contributed by atoms with E-state index in [4.69, 9.17) is 16.6 Å². The molecule has 0 spiro atoms. The number of furan rings is 1. The lowest BCUT2D eigenvalue weighted by molar-refractivity contribution is 0.508. The number of hydrazone groups is 1. The van der Waals surface area contributed by atoms with E-state index in [1.54, 1.807) is 18.5 Å². The normalized spacial score (nSPS) is 11.7. The summed E-state index contributed by atoms with van der Waals surface area (Å²) in [5, 5.41) is 7.49. The van der Waals surface area contributed by atoms with Gasteiger partial charge in [-0.2, -0.15) is 5.10 Å². The fourth-order valence-corrected chi connectivity index (χ4v) is 1.25. The molecule has 0 saturated heterocycles. The van der Waals surface area contributed by atoms with Crippen molar-refractivity contribution in [2.75, 3.05) is 0 Å². The van der Waals surface area contributed by atoms with Gasteiger partial charge in [0.15, 0.2) is 5.11 Å². The van der Waals surface area contributed by atoms with E-state index in [1.807, 2.05) is 26.8 Å². The second-order valence-electron chi connectivity index (χ2n) is 4.09. The van der Waals surface area contributed by atoms with Crippen LogP contribution in [0.3, 0.4) is 0 Å². The van der Waals surface area contributed by atoms with Crippen LogP contribution in [0.25, 0.3) is 0 Å². The first-order valence-corrected chi connectivity index (χ1v) is 5.03. The molecule has 4 nitrogen and oxygen atoms in total. The van der Waals surface area contributed by atoms with Crippen LogP contribution in [0.4, 0.5) is 0 Å². The molecule has 0 aliphatic heterocycles. The van der Waals surface area contributed by atoms with Crippen LogP contribution in [0, 0.1) is 0 Å². The molecule has 1 aromatic rings. The Balaban J connectivity index is 2.35. The van der Waals surface area contributed by atoms with E-state index in [9.17, 15) is 0 Å². The monoisotopic (exact) mass is 225 g/mol. The minimum atomic E-state index is -0.0652. The predicted octanol–water partition coefficient (Wildman–Crippen LogP) is 1.88. The number of hydrogen-bond acceptors (Lipinski definition) is 3. The van der Waals surface area contributed by atoms with E-state index in [1.165, 1.54) is 0 Å². The molecule has 0 bridgehead atoms. The molecule has 0 atom stereocenters. The van der Waals surface area contributed by atoms with Gasteiger partial charge in [0.25, 0.3) is 0 Å². The molecule has 0 radical (unpaired) electrons. The molecule has 0 fully saturated rings. The van der Waals surface area contributed by atoms with Crippen molar-refractivity contribution < 1.29 is 4.42 Å². The van der Waals surface area contributed by atoms with Crippen LogP contribution >= 0.6 is 12.2 Å². The highest BCUT2D eigenvalue weighted by Gasteiger charge is 2.09. The minimum absolute atomic E-state index is 0.0652. The van der Waals surface area contributed by atoms with E-state index in [0.29, 0.717) is 10.9 Å². The van der Waals surface area contributed by atoms with Gasteiger partial charge in [0, 0.05) is 5.54 Å². The van der Waals surface area contributed by atoms with Crippen LogP contribution in [0.1, 0.15) is 26.5 Å². The van der Waals surface area contributed by atoms with Gasteiger partial charge in [0.1, 0.15) is 5.76 Å². The van der Waals surface area contributed by atoms with Crippen molar-refractivity contribution >= 4 is 23.5 Å². The summed E-state index contributed by atoms with van der Waals surface area (Å²) in [7, 11) is 0. The second kappa shape index (κ2) is 4.93. The molecule has 0 unspecified atom stereocenters. The van der Waals surface area contributed by atoms with Crippen molar-refractivity contribution in [2.45, 2.75) is 26.3 Å². The smallest absolute Gasteiger partial charge is 0.187 e. The first-order valence-electron chi connectivity index (χ1n) is 4.62. The molecule has 1 aromatic heterocycles. The zero-order valence-electron chi connectivity index (χ0n) is 9.07. The van der Waals surface area contributed by atoms with Crippen LogP contribution < -0.4 is 10.7 Å². The van der Waals surface area contributed by atoms with E-state index >= 15 is 0 Å². The number of hydrogen-bond donors (Lipinski definition) is 2. The largest absolute Gasteiger partial charge is 0.463 e. The summed E-state index contributed by atoms with van der Waals surface area (Å²) in [5.74, 6) is 0.682. The molecule has 0 amide bonds. The SMILES string of the molecule is CC(C)(C)NC(=S)N/N=C\c1ccco1. The minimum Gasteiger partial charge on any atom is -0.463 e. The number of nitrogens with zero attached hydrogens (tertiary/aromatic N) is 1. The number of thiocarbonyl (C=S) groups is 1. The quantitative estimate of drug-likeness (QED) is 0.458. The van der Waals surface area contributed by atoms with E-state index in [0.717, 1.165) is 0 Å². The second-order valence-corrected chi connectivity index (χ2v) is 4.50. The highest BCUT2D eigenvalue weighted by molar-refractivity contribution is 7.80. The van der Waals surface area contributed by atoms with Gasteiger partial charge in [-0.25, -0.2) is 0 Å². The molecule has 0 saturated carbocycles. The van der Waals surface area contributed by atoms with E-state index < -0.39 is 0 Å². The zero-order chi connectivity index (χ0) is 11.3. The maximum absolute atomic E-state index is 5.06. The van der Waals surface area contributed by atoms with Gasteiger partial charge in [-0.05, 0) is 45.1 Å². The number of rotatable bonds is 2. The number of nitrogens with one attached hydrogen (secondary N) is 2. The molecule has 5 heteroatoms. The van der Waals surface area contributed by atoms with E-state index in [-0.39, 0.29) is 5.54 Å². The molecule has 15 heavy (non-hydrogen) atoms. The summed E-state index contributed by atoms with van der Waals surface area (Å²) in [6.07, 6.45) is 3.16. The van der Waals surface area contributed by atoms with Crippen LogP contribution in [0.2, 0.25) is 0 Å². The Kier molecular flexibility index (Phi) is 3.85. The zero-order valence-corrected chi connectivity index (χ0v) is 9.89. The summed E-state index contributed by atoms with van der Waals surface area (Å²) in [6, 6.07) is 3.61. The Morgan fingerprint density at radius 1 is 1.53 bits per heavy atom. The summed E-state index contributed by atoms with van der Waals surface area (Å²) in [4.78, 5) is 0. The Labute approximate surface area is 94.7 Å². The Hall–Kier alpha value is -1.36. The van der Waals surface area contributed by atoms with Gasteiger partial charge < -0.3 is 9.73 Å². The first kappa shape index (κ1) is 11.7. The average Bonchev–Trinajstić information content (AvgIpc) is 2.53. The maximum Gasteiger partial charge on any atom is 0.187 e. The lowest BCUT2D eigenvalue weighted by Gasteiger charge is -2.21. The molecule has 1 rings (SSSR count). The standard InChI is InChI=1S/C10H15N3OS/c1-10(2,3)12-9(15)13-11-7-8-5-4-6-14-8/h4-7H,1-3H3,(H2,12,13,15)/b11-7-. The van der Waals surface area contributed by atoms with Crippen molar-refractivity contribution in [3.63, 3.8) is 0 Å². The van der Waals surface area contributed by atoms with Gasteiger partial charge in [0.05, 0.1) is 12.5 Å². The fraction of sp³-hybridized carbons (Fsp3) is 0.400. The van der Waals surface area contributed by atoms with E-state index in [2.05, 4.69) is 15.8 Å². The third-order valence-electron chi connectivity index (χ3n) is 1.39. The maximum atomic E-state index is 5.06. The lowest BCUT2D eigenvalue weighted by Crippen LogP contribution is -2.44. The summed E-state index contributed by atoms with van der Waals surface area (Å²) >= 11 is 5.03. The molecular formula is C10H15N3OS. The predicted molar refractivity (Wildman–Crippen MR) is 64.9 cm³/mol. The summed E-state index contributed by atoms with van der Waals surface area (Å²) in [5.41, 5.74) is 2.64. The Morgan fingerprint density at radius 2 is 2.27 bits per heavy atom. The van der Waals surface area contributed by atoms with Crippen molar-refractivity contribution in [1.29, 1.82) is 0 Å². The third kappa shape index (κ3) is 5.17. The van der Waals surface area contributed by atoms with Crippen LogP contribution in [-0.2, 0) is 0 Å².